The van der Waals surface area contributed by atoms with Gasteiger partial charge in [-0.1, -0.05) is 12.1 Å². The minimum absolute atomic E-state index is 0.208. The third kappa shape index (κ3) is 3.82. The summed E-state index contributed by atoms with van der Waals surface area (Å²) in [6.07, 6.45) is 0. The summed E-state index contributed by atoms with van der Waals surface area (Å²) >= 11 is 1.61. The third-order valence-electron chi connectivity index (χ3n) is 3.94. The topological polar surface area (TPSA) is 50.8 Å². The van der Waals surface area contributed by atoms with E-state index in [0.717, 1.165) is 11.3 Å². The van der Waals surface area contributed by atoms with Crippen LogP contribution in [0, 0.1) is 5.82 Å². The Morgan fingerprint density at radius 3 is 2.80 bits per heavy atom. The number of methoxy groups -OCH3 is 2. The Hall–Kier alpha value is -2.41. The van der Waals surface area contributed by atoms with E-state index in [1.807, 2.05) is 6.07 Å². The van der Waals surface area contributed by atoms with Crippen LogP contribution in [0.2, 0.25) is 0 Å². The van der Waals surface area contributed by atoms with Crippen molar-refractivity contribution in [3.05, 3.63) is 53.8 Å². The van der Waals surface area contributed by atoms with E-state index in [0.29, 0.717) is 23.7 Å². The number of rotatable bonds is 4. The summed E-state index contributed by atoms with van der Waals surface area (Å²) < 4.78 is 24.0. The normalized spacial score (nSPS) is 16.6. The van der Waals surface area contributed by atoms with Gasteiger partial charge in [0, 0.05) is 18.4 Å². The molecule has 132 valence electrons. The molecule has 2 aromatic carbocycles. The lowest BCUT2D eigenvalue weighted by molar-refractivity contribution is 0.214. The second kappa shape index (κ2) is 7.65. The van der Waals surface area contributed by atoms with E-state index < -0.39 is 0 Å². The number of carbonyl (C=O) groups is 1. The van der Waals surface area contributed by atoms with Crippen LogP contribution in [0.4, 0.5) is 14.9 Å². The molecule has 0 bridgehead atoms. The highest BCUT2D eigenvalue weighted by atomic mass is 32.2. The number of amides is 2. The summed E-state index contributed by atoms with van der Waals surface area (Å²) in [5, 5.41) is 2.66. The van der Waals surface area contributed by atoms with Crippen LogP contribution in [0.15, 0.2) is 42.5 Å². The fourth-order valence-corrected chi connectivity index (χ4v) is 3.95. The molecule has 0 aromatic heterocycles. The van der Waals surface area contributed by atoms with Gasteiger partial charge in [0.15, 0.2) is 0 Å². The molecular weight excluding hydrogens is 343 g/mol. The van der Waals surface area contributed by atoms with Crippen LogP contribution in [0.3, 0.4) is 0 Å². The zero-order valence-electron chi connectivity index (χ0n) is 14.0. The smallest absolute Gasteiger partial charge is 0.323 e. The minimum atomic E-state index is -0.304. The van der Waals surface area contributed by atoms with Crippen molar-refractivity contribution in [2.75, 3.05) is 31.8 Å². The summed E-state index contributed by atoms with van der Waals surface area (Å²) in [5.41, 5.74) is 1.34. The quantitative estimate of drug-likeness (QED) is 0.889. The average molecular weight is 362 g/mol. The number of nitrogens with one attached hydrogen (secondary N) is 1. The number of halogens is 1. The molecule has 1 heterocycles. The van der Waals surface area contributed by atoms with Crippen LogP contribution in [-0.2, 0) is 0 Å². The molecule has 7 heteroatoms. The second-order valence-electron chi connectivity index (χ2n) is 5.47. The summed E-state index contributed by atoms with van der Waals surface area (Å²) in [7, 11) is 3.10. The second-order valence-corrected chi connectivity index (χ2v) is 6.66. The van der Waals surface area contributed by atoms with Gasteiger partial charge in [-0.2, -0.15) is 0 Å². The number of hydrogen-bond donors (Lipinski definition) is 1. The van der Waals surface area contributed by atoms with Gasteiger partial charge in [0.25, 0.3) is 0 Å². The van der Waals surface area contributed by atoms with E-state index in [2.05, 4.69) is 5.32 Å². The number of anilines is 1. The Morgan fingerprint density at radius 1 is 1.24 bits per heavy atom. The van der Waals surface area contributed by atoms with Gasteiger partial charge in [-0.3, -0.25) is 0 Å². The van der Waals surface area contributed by atoms with Gasteiger partial charge < -0.3 is 19.7 Å². The molecule has 5 nitrogen and oxygen atoms in total. The highest BCUT2D eigenvalue weighted by Gasteiger charge is 2.31. The number of ether oxygens (including phenoxy) is 2. The Kier molecular flexibility index (Phi) is 5.33. The molecule has 0 radical (unpaired) electrons. The first-order valence-corrected chi connectivity index (χ1v) is 8.84. The number of carbonyl (C=O) groups excluding carboxylic acids is 1. The molecule has 1 atom stereocenters. The van der Waals surface area contributed by atoms with E-state index in [1.165, 1.54) is 19.2 Å². The number of hydrogen-bond acceptors (Lipinski definition) is 4. The van der Waals surface area contributed by atoms with E-state index in [-0.39, 0.29) is 17.2 Å². The predicted molar refractivity (Wildman–Crippen MR) is 96.9 cm³/mol. The van der Waals surface area contributed by atoms with Crippen molar-refractivity contribution < 1.29 is 18.7 Å². The predicted octanol–water partition coefficient (Wildman–Crippen LogP) is 4.12. The van der Waals surface area contributed by atoms with Crippen LogP contribution < -0.4 is 14.8 Å². The summed E-state index contributed by atoms with van der Waals surface area (Å²) in [4.78, 5) is 14.4. The van der Waals surface area contributed by atoms with Gasteiger partial charge in [0.2, 0.25) is 0 Å². The number of thioether (sulfide) groups is 1. The van der Waals surface area contributed by atoms with Crippen molar-refractivity contribution in [3.8, 4) is 11.5 Å². The van der Waals surface area contributed by atoms with Crippen molar-refractivity contribution in [1.82, 2.24) is 4.90 Å². The fraction of sp³-hybridized carbons (Fsp3) is 0.278. The van der Waals surface area contributed by atoms with Gasteiger partial charge in [-0.15, -0.1) is 11.8 Å². The van der Waals surface area contributed by atoms with Crippen LogP contribution in [0.25, 0.3) is 0 Å². The van der Waals surface area contributed by atoms with Gasteiger partial charge >= 0.3 is 6.03 Å². The zero-order valence-corrected chi connectivity index (χ0v) is 14.8. The monoisotopic (exact) mass is 362 g/mol. The molecule has 2 amide bonds. The summed E-state index contributed by atoms with van der Waals surface area (Å²) in [6, 6.07) is 11.3. The molecule has 3 rings (SSSR count). The minimum Gasteiger partial charge on any atom is -0.497 e. The Balaban J connectivity index is 1.78. The number of urea groups is 1. The largest absolute Gasteiger partial charge is 0.497 e. The van der Waals surface area contributed by atoms with Gasteiger partial charge in [-0.05, 0) is 29.8 Å². The average Bonchev–Trinajstić information content (AvgIpc) is 3.12. The maximum absolute atomic E-state index is 13.5. The first-order valence-electron chi connectivity index (χ1n) is 7.79. The first kappa shape index (κ1) is 17.4. The number of benzene rings is 2. The van der Waals surface area contributed by atoms with Crippen LogP contribution >= 0.6 is 11.8 Å². The highest BCUT2D eigenvalue weighted by molar-refractivity contribution is 7.99. The van der Waals surface area contributed by atoms with Crippen LogP contribution in [-0.4, -0.2) is 37.4 Å². The maximum Gasteiger partial charge on any atom is 0.323 e. The Morgan fingerprint density at radius 2 is 2.08 bits per heavy atom. The third-order valence-corrected chi connectivity index (χ3v) is 5.20. The summed E-state index contributed by atoms with van der Waals surface area (Å²) in [5.74, 6) is 1.65. The molecule has 2 aromatic rings. The van der Waals surface area contributed by atoms with Gasteiger partial charge in [0.1, 0.15) is 22.7 Å². The van der Waals surface area contributed by atoms with E-state index in [4.69, 9.17) is 9.47 Å². The fourth-order valence-electron chi connectivity index (χ4n) is 2.70. The lowest BCUT2D eigenvalue weighted by Crippen LogP contribution is -2.34. The SMILES string of the molecule is COc1ccc(NC(=O)N2CCS[C@H]2c2cccc(F)c2)c(OC)c1. The molecule has 1 N–H and O–H groups in total. The molecule has 0 saturated carbocycles. The molecule has 1 aliphatic heterocycles. The molecule has 1 fully saturated rings. The van der Waals surface area contributed by atoms with Crippen molar-refractivity contribution in [2.45, 2.75) is 5.37 Å². The molecular formula is C18H19FN2O3S. The molecule has 0 unspecified atom stereocenters. The lowest BCUT2D eigenvalue weighted by Gasteiger charge is -2.25. The van der Waals surface area contributed by atoms with Gasteiger partial charge in [0.05, 0.1) is 19.9 Å². The van der Waals surface area contributed by atoms with Crippen LogP contribution in [0.5, 0.6) is 11.5 Å². The molecule has 0 aliphatic carbocycles. The van der Waals surface area contributed by atoms with Crippen molar-refractivity contribution in [1.29, 1.82) is 0 Å². The van der Waals surface area contributed by atoms with Crippen molar-refractivity contribution >= 4 is 23.5 Å². The van der Waals surface area contributed by atoms with Gasteiger partial charge in [-0.25, -0.2) is 9.18 Å². The maximum atomic E-state index is 13.5. The van der Waals surface area contributed by atoms with E-state index >= 15 is 0 Å². The van der Waals surface area contributed by atoms with E-state index in [1.54, 1.807) is 48.0 Å². The zero-order chi connectivity index (χ0) is 17.8. The molecule has 1 saturated heterocycles. The standard InChI is InChI=1S/C18H19FN2O3S/c1-23-14-6-7-15(16(11-14)24-2)20-18(22)21-8-9-25-17(21)12-4-3-5-13(19)10-12/h3-7,10-11,17H,8-9H2,1-2H3,(H,20,22)/t17-/m0/s1. The highest BCUT2D eigenvalue weighted by Crippen LogP contribution is 2.39. The number of nitrogens with zero attached hydrogens (tertiary/aromatic N) is 1. The molecule has 0 spiro atoms. The van der Waals surface area contributed by atoms with Crippen molar-refractivity contribution in [3.63, 3.8) is 0 Å². The van der Waals surface area contributed by atoms with E-state index in [9.17, 15) is 9.18 Å². The Labute approximate surface area is 150 Å². The lowest BCUT2D eigenvalue weighted by atomic mass is 10.2. The Bertz CT molecular complexity index is 772. The molecule has 1 aliphatic rings. The first-order chi connectivity index (χ1) is 12.1. The molecule has 25 heavy (non-hydrogen) atoms. The van der Waals surface area contributed by atoms with Crippen molar-refractivity contribution in [2.24, 2.45) is 0 Å². The van der Waals surface area contributed by atoms with Crippen LogP contribution in [0.1, 0.15) is 10.9 Å². The summed E-state index contributed by atoms with van der Waals surface area (Å²) in [6.45, 7) is 0.593.